The number of hydrogen-bond donors (Lipinski definition) is 1. The molecule has 0 aliphatic carbocycles. The van der Waals surface area contributed by atoms with Gasteiger partial charge in [-0.2, -0.15) is 5.26 Å². The molecule has 0 aromatic heterocycles. The van der Waals surface area contributed by atoms with Crippen LogP contribution in [0.3, 0.4) is 0 Å². The Bertz CT molecular complexity index is 870. The molecular formula is C18H14ClN3O3. The van der Waals surface area contributed by atoms with Gasteiger partial charge in [0.15, 0.2) is 0 Å². The van der Waals surface area contributed by atoms with Crippen LogP contribution in [-0.4, -0.2) is 10.8 Å². The second-order valence-electron chi connectivity index (χ2n) is 5.24. The van der Waals surface area contributed by atoms with E-state index in [-0.39, 0.29) is 17.3 Å². The molecule has 0 unspecified atom stereocenters. The molecule has 7 heteroatoms. The van der Waals surface area contributed by atoms with Crippen LogP contribution in [0.15, 0.2) is 54.1 Å². The normalized spacial score (nSPS) is 12.1. The molecule has 0 radical (unpaired) electrons. The number of amides is 1. The highest BCUT2D eigenvalue weighted by molar-refractivity contribution is 6.31. The summed E-state index contributed by atoms with van der Waals surface area (Å²) in [5.74, 6) is -0.548. The van der Waals surface area contributed by atoms with E-state index >= 15 is 0 Å². The summed E-state index contributed by atoms with van der Waals surface area (Å²) < 4.78 is 0. The molecule has 0 fully saturated rings. The highest BCUT2D eigenvalue weighted by Crippen LogP contribution is 2.22. The predicted octanol–water partition coefficient (Wildman–Crippen LogP) is 4.03. The lowest BCUT2D eigenvalue weighted by Gasteiger charge is -2.15. The fourth-order valence-corrected chi connectivity index (χ4v) is 2.49. The van der Waals surface area contributed by atoms with Crippen LogP contribution in [0, 0.1) is 21.4 Å². The number of nitro groups is 1. The second-order valence-corrected chi connectivity index (χ2v) is 5.64. The van der Waals surface area contributed by atoms with Gasteiger partial charge < -0.3 is 5.32 Å². The molecule has 0 heterocycles. The van der Waals surface area contributed by atoms with Crippen molar-refractivity contribution in [2.24, 2.45) is 0 Å². The van der Waals surface area contributed by atoms with Crippen LogP contribution < -0.4 is 5.32 Å². The topological polar surface area (TPSA) is 96.0 Å². The molecule has 6 nitrogen and oxygen atoms in total. The first kappa shape index (κ1) is 18.2. The van der Waals surface area contributed by atoms with Crippen molar-refractivity contribution in [3.05, 3.63) is 80.4 Å². The molecule has 126 valence electrons. The fraction of sp³-hybridized carbons (Fsp3) is 0.111. The fourth-order valence-electron chi connectivity index (χ4n) is 2.19. The molecule has 2 aromatic carbocycles. The van der Waals surface area contributed by atoms with Crippen molar-refractivity contribution in [1.29, 1.82) is 5.26 Å². The lowest BCUT2D eigenvalue weighted by molar-refractivity contribution is -0.384. The van der Waals surface area contributed by atoms with E-state index < -0.39 is 10.8 Å². The third kappa shape index (κ3) is 4.66. The van der Waals surface area contributed by atoms with Gasteiger partial charge in [0.2, 0.25) is 0 Å². The van der Waals surface area contributed by atoms with Crippen LogP contribution in [0.5, 0.6) is 0 Å². The second kappa shape index (κ2) is 8.08. The SMILES string of the molecule is C[C@H](NC(=O)/C(C#N)=C/c1ccc([N+](=O)[O-])cc1)c1ccccc1Cl. The summed E-state index contributed by atoms with van der Waals surface area (Å²) in [6, 6.07) is 14.1. The summed E-state index contributed by atoms with van der Waals surface area (Å²) in [5, 5.41) is 23.1. The van der Waals surface area contributed by atoms with Gasteiger partial charge >= 0.3 is 0 Å². The number of carbonyl (C=O) groups excluding carboxylic acids is 1. The largest absolute Gasteiger partial charge is 0.345 e. The summed E-state index contributed by atoms with van der Waals surface area (Å²) >= 11 is 6.10. The average molecular weight is 356 g/mol. The summed E-state index contributed by atoms with van der Waals surface area (Å²) in [4.78, 5) is 22.4. The zero-order chi connectivity index (χ0) is 18.4. The predicted molar refractivity (Wildman–Crippen MR) is 94.7 cm³/mol. The van der Waals surface area contributed by atoms with Crippen molar-refractivity contribution < 1.29 is 9.72 Å². The van der Waals surface area contributed by atoms with Crippen molar-refractivity contribution in [2.75, 3.05) is 0 Å². The monoisotopic (exact) mass is 355 g/mol. The van der Waals surface area contributed by atoms with E-state index in [1.807, 2.05) is 12.1 Å². The van der Waals surface area contributed by atoms with Crippen LogP contribution in [0.4, 0.5) is 5.69 Å². The van der Waals surface area contributed by atoms with E-state index in [1.54, 1.807) is 25.1 Å². The van der Waals surface area contributed by atoms with E-state index in [0.29, 0.717) is 10.6 Å². The average Bonchev–Trinajstić information content (AvgIpc) is 2.60. The molecule has 0 saturated heterocycles. The zero-order valence-corrected chi connectivity index (χ0v) is 14.0. The summed E-state index contributed by atoms with van der Waals surface area (Å²) in [5.41, 5.74) is 1.09. The summed E-state index contributed by atoms with van der Waals surface area (Å²) in [6.07, 6.45) is 1.37. The minimum atomic E-state index is -0.548. The molecule has 0 aliphatic rings. The number of benzene rings is 2. The zero-order valence-electron chi connectivity index (χ0n) is 13.3. The minimum Gasteiger partial charge on any atom is -0.345 e. The van der Waals surface area contributed by atoms with Gasteiger partial charge in [0, 0.05) is 17.2 Å². The number of nitriles is 1. The number of hydrogen-bond acceptors (Lipinski definition) is 4. The molecule has 0 aliphatic heterocycles. The van der Waals surface area contributed by atoms with Crippen LogP contribution in [0.1, 0.15) is 24.1 Å². The highest BCUT2D eigenvalue weighted by atomic mass is 35.5. The lowest BCUT2D eigenvalue weighted by Crippen LogP contribution is -2.27. The molecule has 0 bridgehead atoms. The molecule has 2 rings (SSSR count). The van der Waals surface area contributed by atoms with E-state index in [0.717, 1.165) is 5.56 Å². The van der Waals surface area contributed by atoms with Gasteiger partial charge in [-0.3, -0.25) is 14.9 Å². The van der Waals surface area contributed by atoms with Crippen molar-refractivity contribution in [2.45, 2.75) is 13.0 Å². The Kier molecular flexibility index (Phi) is 5.88. The highest BCUT2D eigenvalue weighted by Gasteiger charge is 2.15. The van der Waals surface area contributed by atoms with Crippen molar-refractivity contribution in [1.82, 2.24) is 5.32 Å². The maximum Gasteiger partial charge on any atom is 0.269 e. The number of halogens is 1. The van der Waals surface area contributed by atoms with Gasteiger partial charge in [-0.1, -0.05) is 29.8 Å². The number of nitrogens with one attached hydrogen (secondary N) is 1. The van der Waals surface area contributed by atoms with Gasteiger partial charge in [-0.05, 0) is 42.3 Å². The van der Waals surface area contributed by atoms with Crippen molar-refractivity contribution in [3.8, 4) is 6.07 Å². The molecule has 2 aromatic rings. The Balaban J connectivity index is 2.17. The van der Waals surface area contributed by atoms with E-state index in [4.69, 9.17) is 11.6 Å². The Morgan fingerprint density at radius 2 is 1.92 bits per heavy atom. The van der Waals surface area contributed by atoms with Crippen LogP contribution >= 0.6 is 11.6 Å². The van der Waals surface area contributed by atoms with Gasteiger partial charge in [0.25, 0.3) is 11.6 Å². The molecule has 1 amide bonds. The number of non-ortho nitro benzene ring substituents is 1. The lowest BCUT2D eigenvalue weighted by atomic mass is 10.1. The third-order valence-electron chi connectivity index (χ3n) is 3.50. The van der Waals surface area contributed by atoms with Crippen LogP contribution in [-0.2, 0) is 4.79 Å². The Morgan fingerprint density at radius 3 is 2.48 bits per heavy atom. The maximum atomic E-state index is 12.3. The van der Waals surface area contributed by atoms with E-state index in [1.165, 1.54) is 30.3 Å². The smallest absolute Gasteiger partial charge is 0.269 e. The molecule has 0 spiro atoms. The minimum absolute atomic E-state index is 0.0625. The first-order valence-corrected chi connectivity index (χ1v) is 7.71. The quantitative estimate of drug-likeness (QED) is 0.379. The molecule has 1 atom stereocenters. The van der Waals surface area contributed by atoms with Crippen LogP contribution in [0.2, 0.25) is 5.02 Å². The van der Waals surface area contributed by atoms with Crippen molar-refractivity contribution >= 4 is 29.3 Å². The van der Waals surface area contributed by atoms with Gasteiger partial charge in [-0.15, -0.1) is 0 Å². The summed E-state index contributed by atoms with van der Waals surface area (Å²) in [7, 11) is 0. The van der Waals surface area contributed by atoms with E-state index in [9.17, 15) is 20.2 Å². The Morgan fingerprint density at radius 1 is 1.28 bits per heavy atom. The number of carbonyl (C=O) groups is 1. The van der Waals surface area contributed by atoms with Gasteiger partial charge in [0.05, 0.1) is 11.0 Å². The Labute approximate surface area is 149 Å². The third-order valence-corrected chi connectivity index (χ3v) is 3.84. The van der Waals surface area contributed by atoms with Crippen LogP contribution in [0.25, 0.3) is 6.08 Å². The van der Waals surface area contributed by atoms with Gasteiger partial charge in [-0.25, -0.2) is 0 Å². The van der Waals surface area contributed by atoms with E-state index in [2.05, 4.69) is 5.32 Å². The molecule has 0 saturated carbocycles. The molecule has 1 N–H and O–H groups in total. The summed E-state index contributed by atoms with van der Waals surface area (Å²) in [6.45, 7) is 1.76. The van der Waals surface area contributed by atoms with Gasteiger partial charge in [0.1, 0.15) is 11.6 Å². The molecular weight excluding hydrogens is 342 g/mol. The Hall–Kier alpha value is -3.17. The molecule has 25 heavy (non-hydrogen) atoms. The number of nitrogens with zero attached hydrogens (tertiary/aromatic N) is 2. The number of nitro benzene ring substituents is 1. The van der Waals surface area contributed by atoms with Crippen molar-refractivity contribution in [3.63, 3.8) is 0 Å². The maximum absolute atomic E-state index is 12.3. The number of rotatable bonds is 5. The standard InChI is InChI=1S/C18H14ClN3O3/c1-12(16-4-2-3-5-17(16)19)21-18(23)14(11-20)10-13-6-8-15(9-7-13)22(24)25/h2-10,12H,1H3,(H,21,23)/b14-10+/t12-/m0/s1. The first-order valence-electron chi connectivity index (χ1n) is 7.34. The first-order chi connectivity index (χ1) is 11.9.